The number of cyclic esters (lactones) is 1. The van der Waals surface area contributed by atoms with E-state index >= 15 is 0 Å². The van der Waals surface area contributed by atoms with Gasteiger partial charge in [0.05, 0.1) is 5.70 Å². The minimum Gasteiger partial charge on any atom is -0.447 e. The van der Waals surface area contributed by atoms with Crippen molar-refractivity contribution in [3.63, 3.8) is 0 Å². The number of carbonyl (C=O) groups is 1. The lowest BCUT2D eigenvalue weighted by Gasteiger charge is -2.32. The van der Waals surface area contributed by atoms with Gasteiger partial charge in [0.1, 0.15) is 11.9 Å². The molecular weight excluding hydrogens is 295 g/mol. The molecule has 23 heavy (non-hydrogen) atoms. The molecule has 2 aliphatic heterocycles. The van der Waals surface area contributed by atoms with Crippen LogP contribution < -0.4 is 0 Å². The Kier molecular flexibility index (Phi) is 4.16. The van der Waals surface area contributed by atoms with Crippen molar-refractivity contribution in [1.29, 1.82) is 5.26 Å². The highest BCUT2D eigenvalue weighted by molar-refractivity contribution is 5.98. The van der Waals surface area contributed by atoms with Crippen molar-refractivity contribution in [3.05, 3.63) is 53.5 Å². The predicted octanol–water partition coefficient (Wildman–Crippen LogP) is 3.03. The van der Waals surface area contributed by atoms with Gasteiger partial charge in [-0.15, -0.1) is 0 Å². The molecule has 0 bridgehead atoms. The van der Waals surface area contributed by atoms with E-state index < -0.39 is 12.1 Å². The first-order valence-electron chi connectivity index (χ1n) is 7.66. The second-order valence-corrected chi connectivity index (χ2v) is 5.74. The molecule has 1 saturated heterocycles. The van der Waals surface area contributed by atoms with Crippen LogP contribution in [0.15, 0.2) is 42.1 Å². The maximum atomic E-state index is 13.1. The number of hydrogen-bond acceptors (Lipinski definition) is 4. The van der Waals surface area contributed by atoms with Crippen LogP contribution in [0.4, 0.5) is 4.39 Å². The summed E-state index contributed by atoms with van der Waals surface area (Å²) in [6.07, 6.45) is 2.50. The molecular formula is C18H17FN2O2. The Morgan fingerprint density at radius 2 is 1.91 bits per heavy atom. The molecule has 0 radical (unpaired) electrons. The lowest BCUT2D eigenvalue weighted by Crippen LogP contribution is -2.34. The molecule has 3 rings (SSSR count). The van der Waals surface area contributed by atoms with E-state index in [1.807, 2.05) is 11.0 Å². The second kappa shape index (κ2) is 6.25. The first kappa shape index (κ1) is 15.3. The summed E-state index contributed by atoms with van der Waals surface area (Å²) in [6.45, 7) is 5.61. The summed E-state index contributed by atoms with van der Waals surface area (Å²) in [7, 11) is 0. The third kappa shape index (κ3) is 2.85. The molecule has 1 aromatic rings. The summed E-state index contributed by atoms with van der Waals surface area (Å²) in [5.74, 6) is -0.948. The molecule has 0 saturated carbocycles. The number of halogens is 1. The molecule has 0 aromatic heterocycles. The fourth-order valence-corrected chi connectivity index (χ4v) is 3.07. The van der Waals surface area contributed by atoms with Crippen molar-refractivity contribution < 1.29 is 13.9 Å². The van der Waals surface area contributed by atoms with Gasteiger partial charge in [-0.2, -0.15) is 5.26 Å². The van der Waals surface area contributed by atoms with E-state index in [9.17, 15) is 14.4 Å². The molecule has 4 nitrogen and oxygen atoms in total. The predicted molar refractivity (Wildman–Crippen MR) is 83.4 cm³/mol. The highest BCUT2D eigenvalue weighted by atomic mass is 19.1. The van der Waals surface area contributed by atoms with Crippen LogP contribution in [-0.2, 0) is 9.53 Å². The minimum atomic E-state index is -0.680. The van der Waals surface area contributed by atoms with Gasteiger partial charge in [-0.3, -0.25) is 0 Å². The number of carbonyl (C=O) groups excluding carboxylic acids is 1. The summed E-state index contributed by atoms with van der Waals surface area (Å²) in [5.41, 5.74) is 1.91. The largest absolute Gasteiger partial charge is 0.447 e. The summed E-state index contributed by atoms with van der Waals surface area (Å²) in [5, 5.41) is 9.33. The van der Waals surface area contributed by atoms with E-state index in [0.717, 1.165) is 32.4 Å². The van der Waals surface area contributed by atoms with Gasteiger partial charge in [-0.05, 0) is 42.5 Å². The number of piperidine rings is 1. The number of ether oxygens (including phenoxy) is 1. The van der Waals surface area contributed by atoms with Crippen LogP contribution in [-0.4, -0.2) is 30.1 Å². The van der Waals surface area contributed by atoms with Crippen LogP contribution in [0.5, 0.6) is 0 Å². The van der Waals surface area contributed by atoms with Gasteiger partial charge in [0.2, 0.25) is 0 Å². The van der Waals surface area contributed by atoms with E-state index in [2.05, 4.69) is 6.58 Å². The zero-order valence-corrected chi connectivity index (χ0v) is 12.7. The second-order valence-electron chi connectivity index (χ2n) is 5.74. The number of nitrogens with zero attached hydrogens (tertiary/aromatic N) is 2. The number of rotatable bonds is 3. The zero-order valence-electron chi connectivity index (χ0n) is 12.7. The monoisotopic (exact) mass is 312 g/mol. The van der Waals surface area contributed by atoms with Gasteiger partial charge < -0.3 is 9.64 Å². The van der Waals surface area contributed by atoms with E-state index in [0.29, 0.717) is 16.8 Å². The molecule has 2 heterocycles. The quantitative estimate of drug-likeness (QED) is 0.805. The summed E-state index contributed by atoms with van der Waals surface area (Å²) in [4.78, 5) is 14.1. The highest BCUT2D eigenvalue weighted by Crippen LogP contribution is 2.35. The number of benzene rings is 1. The fourth-order valence-electron chi connectivity index (χ4n) is 3.07. The van der Waals surface area contributed by atoms with Gasteiger partial charge in [0.25, 0.3) is 0 Å². The van der Waals surface area contributed by atoms with Crippen molar-refractivity contribution in [3.8, 4) is 6.07 Å². The normalized spacial score (nSPS) is 21.1. The summed E-state index contributed by atoms with van der Waals surface area (Å²) >= 11 is 0. The third-order valence-corrected chi connectivity index (χ3v) is 4.27. The molecule has 1 atom stereocenters. The van der Waals surface area contributed by atoms with Gasteiger partial charge in [0.15, 0.2) is 11.7 Å². The fraction of sp³-hybridized carbons (Fsp3) is 0.333. The van der Waals surface area contributed by atoms with Crippen molar-refractivity contribution in [1.82, 2.24) is 4.90 Å². The molecule has 0 N–H and O–H groups in total. The SMILES string of the molecule is C=C(c1ccc(F)cc1)C1OC(=O)C(C#N)=C1N1CCCCC1. The number of nitriles is 1. The maximum absolute atomic E-state index is 13.1. The summed E-state index contributed by atoms with van der Waals surface area (Å²) in [6, 6.07) is 7.85. The third-order valence-electron chi connectivity index (χ3n) is 4.27. The number of likely N-dealkylation sites (tertiary alicyclic amines) is 1. The first-order chi connectivity index (χ1) is 11.1. The Morgan fingerprint density at radius 1 is 1.26 bits per heavy atom. The minimum absolute atomic E-state index is 0.0557. The molecule has 1 unspecified atom stereocenters. The highest BCUT2D eigenvalue weighted by Gasteiger charge is 2.39. The van der Waals surface area contributed by atoms with Crippen LogP contribution in [0.25, 0.3) is 5.57 Å². The van der Waals surface area contributed by atoms with Crippen molar-refractivity contribution in [2.24, 2.45) is 0 Å². The molecule has 0 aliphatic carbocycles. The Morgan fingerprint density at radius 3 is 2.52 bits per heavy atom. The van der Waals surface area contributed by atoms with Crippen molar-refractivity contribution in [2.45, 2.75) is 25.4 Å². The average Bonchev–Trinajstić information content (AvgIpc) is 2.92. The Bertz CT molecular complexity index is 710. The van der Waals surface area contributed by atoms with Crippen LogP contribution in [0.1, 0.15) is 24.8 Å². The van der Waals surface area contributed by atoms with Crippen molar-refractivity contribution >= 4 is 11.5 Å². The maximum Gasteiger partial charge on any atom is 0.351 e. The van der Waals surface area contributed by atoms with Crippen LogP contribution in [0.2, 0.25) is 0 Å². The summed E-state index contributed by atoms with van der Waals surface area (Å²) < 4.78 is 18.5. The Balaban J connectivity index is 1.95. The van der Waals surface area contributed by atoms with E-state index in [1.54, 1.807) is 12.1 Å². The molecule has 118 valence electrons. The van der Waals surface area contributed by atoms with Gasteiger partial charge >= 0.3 is 5.97 Å². The Hall–Kier alpha value is -2.61. The van der Waals surface area contributed by atoms with Gasteiger partial charge in [-0.25, -0.2) is 9.18 Å². The van der Waals surface area contributed by atoms with E-state index in [-0.39, 0.29) is 11.4 Å². The van der Waals surface area contributed by atoms with E-state index in [1.165, 1.54) is 12.1 Å². The molecule has 0 amide bonds. The first-order valence-corrected chi connectivity index (χ1v) is 7.66. The Labute approximate surface area is 134 Å². The van der Waals surface area contributed by atoms with Crippen LogP contribution in [0.3, 0.4) is 0 Å². The lowest BCUT2D eigenvalue weighted by atomic mass is 9.97. The number of esters is 1. The molecule has 5 heteroatoms. The van der Waals surface area contributed by atoms with Gasteiger partial charge in [-0.1, -0.05) is 18.7 Å². The molecule has 2 aliphatic rings. The topological polar surface area (TPSA) is 53.3 Å². The molecule has 0 spiro atoms. The molecule has 1 fully saturated rings. The average molecular weight is 312 g/mol. The van der Waals surface area contributed by atoms with Crippen LogP contribution >= 0.6 is 0 Å². The number of hydrogen-bond donors (Lipinski definition) is 0. The standard InChI is InChI=1S/C18H17FN2O2/c1-12(13-5-7-14(19)8-6-13)17-16(15(11-20)18(22)23-17)21-9-3-2-4-10-21/h5-8,17H,1-4,9-10H2. The van der Waals surface area contributed by atoms with Gasteiger partial charge in [0, 0.05) is 13.1 Å². The van der Waals surface area contributed by atoms with Crippen LogP contribution in [0, 0.1) is 17.1 Å². The van der Waals surface area contributed by atoms with E-state index in [4.69, 9.17) is 4.74 Å². The molecule has 1 aromatic carbocycles. The van der Waals surface area contributed by atoms with Crippen molar-refractivity contribution in [2.75, 3.05) is 13.1 Å². The lowest BCUT2D eigenvalue weighted by molar-refractivity contribution is -0.137. The zero-order chi connectivity index (χ0) is 16.4. The smallest absolute Gasteiger partial charge is 0.351 e.